The van der Waals surface area contributed by atoms with Gasteiger partial charge in [0, 0.05) is 7.05 Å². The van der Waals surface area contributed by atoms with Gasteiger partial charge in [0.2, 0.25) is 0 Å². The molecule has 1 aromatic heterocycles. The summed E-state index contributed by atoms with van der Waals surface area (Å²) in [5.74, 6) is 0. The van der Waals surface area contributed by atoms with Crippen LogP contribution in [0, 0.1) is 13.8 Å². The zero-order valence-corrected chi connectivity index (χ0v) is 7.50. The molecular formula is C9H11N3. The molecule has 0 amide bonds. The average molecular weight is 161 g/mol. The van der Waals surface area contributed by atoms with Gasteiger partial charge >= 0.3 is 0 Å². The Hall–Kier alpha value is -1.38. The van der Waals surface area contributed by atoms with E-state index in [1.807, 2.05) is 7.05 Å². The first-order valence-corrected chi connectivity index (χ1v) is 3.96. The molecule has 62 valence electrons. The monoisotopic (exact) mass is 161 g/mol. The van der Waals surface area contributed by atoms with E-state index in [4.69, 9.17) is 0 Å². The molecule has 2 rings (SSSR count). The minimum absolute atomic E-state index is 1.01. The molecule has 1 heterocycles. The van der Waals surface area contributed by atoms with Crippen LogP contribution in [0.25, 0.3) is 11.0 Å². The van der Waals surface area contributed by atoms with Gasteiger partial charge in [-0.3, -0.25) is 0 Å². The Labute approximate surface area is 71.0 Å². The summed E-state index contributed by atoms with van der Waals surface area (Å²) in [6, 6.07) is 4.15. The largest absolute Gasteiger partial charge is 0.187 e. The molecule has 0 aliphatic rings. The summed E-state index contributed by atoms with van der Waals surface area (Å²) >= 11 is 0. The van der Waals surface area contributed by atoms with Crippen molar-refractivity contribution in [2.45, 2.75) is 13.8 Å². The molecule has 3 nitrogen and oxygen atoms in total. The van der Waals surface area contributed by atoms with Crippen molar-refractivity contribution in [2.24, 2.45) is 7.05 Å². The van der Waals surface area contributed by atoms with E-state index >= 15 is 0 Å². The van der Waals surface area contributed by atoms with E-state index in [0.29, 0.717) is 0 Å². The molecule has 3 heteroatoms. The van der Waals surface area contributed by atoms with Gasteiger partial charge in [0.05, 0.1) is 0 Å². The van der Waals surface area contributed by atoms with Crippen LogP contribution in [0.2, 0.25) is 0 Å². The van der Waals surface area contributed by atoms with Crippen molar-refractivity contribution in [1.82, 2.24) is 15.0 Å². The lowest BCUT2D eigenvalue weighted by atomic mass is 10.1. The summed E-state index contributed by atoms with van der Waals surface area (Å²) in [5, 5.41) is 8.56. The lowest BCUT2D eigenvalue weighted by Gasteiger charge is -1.94. The quantitative estimate of drug-likeness (QED) is 0.587. The van der Waals surface area contributed by atoms with Gasteiger partial charge in [0.25, 0.3) is 0 Å². The summed E-state index contributed by atoms with van der Waals surface area (Å²) in [4.78, 5) is 1.62. The number of fused-ring (bicyclic) bond motifs is 1. The highest BCUT2D eigenvalue weighted by Gasteiger charge is 2.04. The predicted octanol–water partition coefficient (Wildman–Crippen LogP) is 1.59. The summed E-state index contributed by atoms with van der Waals surface area (Å²) in [6.07, 6.45) is 0. The number of aromatic nitrogens is 3. The van der Waals surface area contributed by atoms with Gasteiger partial charge < -0.3 is 0 Å². The fraction of sp³-hybridized carbons (Fsp3) is 0.333. The predicted molar refractivity (Wildman–Crippen MR) is 48.0 cm³/mol. The van der Waals surface area contributed by atoms with Gasteiger partial charge in [-0.15, -0.1) is 0 Å². The van der Waals surface area contributed by atoms with E-state index in [2.05, 4.69) is 36.2 Å². The third kappa shape index (κ3) is 0.897. The van der Waals surface area contributed by atoms with Crippen molar-refractivity contribution in [3.63, 3.8) is 0 Å². The number of hydrogen-bond donors (Lipinski definition) is 0. The van der Waals surface area contributed by atoms with Crippen LogP contribution in [0.5, 0.6) is 0 Å². The molecule has 0 unspecified atom stereocenters. The maximum atomic E-state index is 4.28. The Bertz CT molecular complexity index is 390. The van der Waals surface area contributed by atoms with Gasteiger partial charge in [-0.25, -0.2) is 0 Å². The molecule has 0 aliphatic heterocycles. The first-order chi connectivity index (χ1) is 5.68. The van der Waals surface area contributed by atoms with Crippen LogP contribution < -0.4 is 0 Å². The Morgan fingerprint density at radius 1 is 1.00 bits per heavy atom. The van der Waals surface area contributed by atoms with Crippen LogP contribution in [0.15, 0.2) is 12.1 Å². The van der Waals surface area contributed by atoms with Crippen LogP contribution in [0.4, 0.5) is 0 Å². The first-order valence-electron chi connectivity index (χ1n) is 3.96. The number of nitrogens with zero attached hydrogens (tertiary/aromatic N) is 3. The Morgan fingerprint density at radius 2 is 1.42 bits per heavy atom. The number of hydrogen-bond acceptors (Lipinski definition) is 2. The van der Waals surface area contributed by atoms with Crippen molar-refractivity contribution in [3.8, 4) is 0 Å². The Balaban J connectivity index is 2.93. The van der Waals surface area contributed by atoms with E-state index in [1.54, 1.807) is 4.80 Å². The first kappa shape index (κ1) is 7.28. The number of benzene rings is 1. The van der Waals surface area contributed by atoms with E-state index in [1.165, 1.54) is 11.1 Å². The zero-order chi connectivity index (χ0) is 8.72. The molecule has 0 bridgehead atoms. The highest BCUT2D eigenvalue weighted by Crippen LogP contribution is 2.17. The normalized spacial score (nSPS) is 10.9. The van der Waals surface area contributed by atoms with Crippen LogP contribution in [-0.2, 0) is 7.05 Å². The second-order valence-corrected chi connectivity index (χ2v) is 3.09. The van der Waals surface area contributed by atoms with Gasteiger partial charge in [-0.2, -0.15) is 15.0 Å². The van der Waals surface area contributed by atoms with Crippen molar-refractivity contribution in [1.29, 1.82) is 0 Å². The lowest BCUT2D eigenvalue weighted by Crippen LogP contribution is -1.90. The molecule has 12 heavy (non-hydrogen) atoms. The topological polar surface area (TPSA) is 30.7 Å². The van der Waals surface area contributed by atoms with E-state index in [0.717, 1.165) is 11.0 Å². The van der Waals surface area contributed by atoms with Crippen LogP contribution in [0.1, 0.15) is 11.1 Å². The van der Waals surface area contributed by atoms with Gasteiger partial charge in [0.15, 0.2) is 0 Å². The maximum absolute atomic E-state index is 4.28. The summed E-state index contributed by atoms with van der Waals surface area (Å²) in [6.45, 7) is 4.10. The highest BCUT2D eigenvalue weighted by atomic mass is 15.4. The van der Waals surface area contributed by atoms with Crippen molar-refractivity contribution in [3.05, 3.63) is 23.3 Å². The zero-order valence-electron chi connectivity index (χ0n) is 7.50. The summed E-state index contributed by atoms with van der Waals surface area (Å²) in [7, 11) is 1.85. The standard InChI is InChI=1S/C9H11N3/c1-6-4-5-7(2)9-8(6)10-12(3)11-9/h4-5H,1-3H3. The molecule has 0 atom stereocenters. The molecule has 0 spiro atoms. The van der Waals surface area contributed by atoms with Gasteiger partial charge in [-0.1, -0.05) is 12.1 Å². The summed E-state index contributed by atoms with van der Waals surface area (Å²) in [5.41, 5.74) is 4.39. The van der Waals surface area contributed by atoms with Crippen LogP contribution in [-0.4, -0.2) is 15.0 Å². The molecule has 1 aromatic carbocycles. The van der Waals surface area contributed by atoms with Gasteiger partial charge in [-0.05, 0) is 25.0 Å². The minimum Gasteiger partial charge on any atom is -0.187 e. The molecule has 0 fully saturated rings. The smallest absolute Gasteiger partial charge is 0.116 e. The average Bonchev–Trinajstić information content (AvgIpc) is 2.41. The lowest BCUT2D eigenvalue weighted by molar-refractivity contribution is 0.664. The fourth-order valence-corrected chi connectivity index (χ4v) is 1.35. The molecule has 0 N–H and O–H groups in total. The SMILES string of the molecule is Cc1ccc(C)c2nn(C)nc12. The number of aryl methyl sites for hydroxylation is 3. The van der Waals surface area contributed by atoms with Crippen LogP contribution in [0.3, 0.4) is 0 Å². The molecular weight excluding hydrogens is 150 g/mol. The molecule has 2 aromatic rings. The highest BCUT2D eigenvalue weighted by molar-refractivity contribution is 5.80. The van der Waals surface area contributed by atoms with Crippen LogP contribution >= 0.6 is 0 Å². The Kier molecular flexibility index (Phi) is 1.40. The minimum atomic E-state index is 1.01. The molecule has 0 saturated carbocycles. The molecule has 0 aliphatic carbocycles. The molecule has 0 radical (unpaired) electrons. The fourth-order valence-electron chi connectivity index (χ4n) is 1.35. The van der Waals surface area contributed by atoms with Crippen molar-refractivity contribution >= 4 is 11.0 Å². The third-order valence-electron chi connectivity index (χ3n) is 2.04. The van der Waals surface area contributed by atoms with E-state index in [9.17, 15) is 0 Å². The maximum Gasteiger partial charge on any atom is 0.116 e. The van der Waals surface area contributed by atoms with Gasteiger partial charge in [0.1, 0.15) is 11.0 Å². The third-order valence-corrected chi connectivity index (χ3v) is 2.04. The summed E-state index contributed by atoms with van der Waals surface area (Å²) < 4.78 is 0. The van der Waals surface area contributed by atoms with E-state index in [-0.39, 0.29) is 0 Å². The van der Waals surface area contributed by atoms with Crippen molar-refractivity contribution < 1.29 is 0 Å². The Morgan fingerprint density at radius 3 is 1.83 bits per heavy atom. The van der Waals surface area contributed by atoms with E-state index < -0.39 is 0 Å². The second kappa shape index (κ2) is 2.30. The molecule has 0 saturated heterocycles. The number of rotatable bonds is 0. The second-order valence-electron chi connectivity index (χ2n) is 3.09. The van der Waals surface area contributed by atoms with Crippen molar-refractivity contribution in [2.75, 3.05) is 0 Å².